The third-order valence-corrected chi connectivity index (χ3v) is 5.94. The predicted molar refractivity (Wildman–Crippen MR) is 94.2 cm³/mol. The first kappa shape index (κ1) is 16.5. The van der Waals surface area contributed by atoms with Gasteiger partial charge in [0.1, 0.15) is 0 Å². The summed E-state index contributed by atoms with van der Waals surface area (Å²) in [7, 11) is 0. The van der Waals surface area contributed by atoms with Crippen LogP contribution in [0.2, 0.25) is 0 Å². The number of hydrogen-bond donors (Lipinski definition) is 1. The van der Waals surface area contributed by atoms with E-state index in [0.29, 0.717) is 6.04 Å². The quantitative estimate of drug-likeness (QED) is 0.800. The maximum atomic E-state index is 5.70. The van der Waals surface area contributed by atoms with Crippen molar-refractivity contribution in [3.05, 3.63) is 0 Å². The molecule has 0 unspecified atom stereocenters. The number of rotatable bonds is 4. The molecule has 3 rings (SSSR count). The van der Waals surface area contributed by atoms with Gasteiger partial charge in [0, 0.05) is 38.8 Å². The second kappa shape index (κ2) is 8.46. The number of morpholine rings is 1. The molecule has 0 aromatic heterocycles. The van der Waals surface area contributed by atoms with Crippen LogP contribution in [0.1, 0.15) is 44.9 Å². The summed E-state index contributed by atoms with van der Waals surface area (Å²) in [5.41, 5.74) is 0. The average molecular weight is 326 g/mol. The lowest BCUT2D eigenvalue weighted by Crippen LogP contribution is -2.48. The minimum absolute atomic E-state index is 0.712. The van der Waals surface area contributed by atoms with Crippen LogP contribution in [-0.2, 0) is 4.74 Å². The van der Waals surface area contributed by atoms with Crippen molar-refractivity contribution in [3.63, 3.8) is 0 Å². The van der Waals surface area contributed by atoms with Gasteiger partial charge in [-0.15, -0.1) is 0 Å². The van der Waals surface area contributed by atoms with Crippen LogP contribution in [0.5, 0.6) is 0 Å². The normalized spacial score (nSPS) is 28.0. The number of hydrogen-bond acceptors (Lipinski definition) is 3. The zero-order valence-electron chi connectivity index (χ0n) is 13.8. The Labute approximate surface area is 140 Å². The van der Waals surface area contributed by atoms with Crippen molar-refractivity contribution in [2.45, 2.75) is 51.0 Å². The molecule has 2 aliphatic heterocycles. The van der Waals surface area contributed by atoms with Crippen molar-refractivity contribution < 1.29 is 4.74 Å². The number of nitrogens with one attached hydrogen (secondary N) is 1. The highest BCUT2D eigenvalue weighted by Gasteiger charge is 2.33. The fraction of sp³-hybridized carbons (Fsp3) is 0.941. The Morgan fingerprint density at radius 1 is 1.00 bits per heavy atom. The molecule has 22 heavy (non-hydrogen) atoms. The molecule has 2 saturated heterocycles. The van der Waals surface area contributed by atoms with Gasteiger partial charge in [0.2, 0.25) is 0 Å². The topological polar surface area (TPSA) is 27.7 Å². The lowest BCUT2D eigenvalue weighted by molar-refractivity contribution is 0.0388. The van der Waals surface area contributed by atoms with Crippen molar-refractivity contribution in [1.82, 2.24) is 15.1 Å². The van der Waals surface area contributed by atoms with E-state index < -0.39 is 0 Å². The van der Waals surface area contributed by atoms with Gasteiger partial charge in [0.05, 0.1) is 13.2 Å². The average Bonchev–Trinajstić information content (AvgIpc) is 3.06. The van der Waals surface area contributed by atoms with Crippen molar-refractivity contribution in [3.8, 4) is 0 Å². The summed E-state index contributed by atoms with van der Waals surface area (Å²) in [5, 5.41) is 4.52. The summed E-state index contributed by atoms with van der Waals surface area (Å²) < 4.78 is 5.39. The van der Waals surface area contributed by atoms with Gasteiger partial charge in [-0.1, -0.05) is 19.3 Å². The van der Waals surface area contributed by atoms with Gasteiger partial charge in [-0.05, 0) is 43.8 Å². The Balaban J connectivity index is 1.42. The van der Waals surface area contributed by atoms with Gasteiger partial charge >= 0.3 is 0 Å². The molecule has 0 spiro atoms. The summed E-state index contributed by atoms with van der Waals surface area (Å²) >= 11 is 5.70. The molecule has 126 valence electrons. The van der Waals surface area contributed by atoms with Crippen LogP contribution >= 0.6 is 12.2 Å². The van der Waals surface area contributed by atoms with E-state index in [0.717, 1.165) is 57.0 Å². The highest BCUT2D eigenvalue weighted by atomic mass is 32.1. The number of nitrogens with zero attached hydrogens (tertiary/aromatic N) is 2. The molecule has 0 radical (unpaired) electrons. The molecule has 1 saturated carbocycles. The Morgan fingerprint density at radius 2 is 1.77 bits per heavy atom. The second-order valence-electron chi connectivity index (χ2n) is 6.99. The van der Waals surface area contributed by atoms with Gasteiger partial charge in [-0.3, -0.25) is 4.90 Å². The van der Waals surface area contributed by atoms with E-state index in [1.807, 2.05) is 0 Å². The molecule has 0 bridgehead atoms. The minimum Gasteiger partial charge on any atom is -0.379 e. The molecular formula is C17H31N3OS. The van der Waals surface area contributed by atoms with Crippen LogP contribution in [0.3, 0.4) is 0 Å². The zero-order valence-corrected chi connectivity index (χ0v) is 14.6. The summed E-state index contributed by atoms with van der Waals surface area (Å²) in [6.45, 7) is 7.06. The lowest BCUT2D eigenvalue weighted by Gasteiger charge is -2.36. The Hall–Kier alpha value is -0.390. The van der Waals surface area contributed by atoms with E-state index in [9.17, 15) is 0 Å². The molecule has 4 nitrogen and oxygen atoms in total. The molecule has 5 heteroatoms. The highest BCUT2D eigenvalue weighted by molar-refractivity contribution is 7.80. The Kier molecular flexibility index (Phi) is 6.33. The van der Waals surface area contributed by atoms with E-state index in [2.05, 4.69) is 15.1 Å². The minimum atomic E-state index is 0.712. The van der Waals surface area contributed by atoms with E-state index in [1.54, 1.807) is 0 Å². The first-order valence-electron chi connectivity index (χ1n) is 9.19. The number of likely N-dealkylation sites (tertiary alicyclic amines) is 1. The smallest absolute Gasteiger partial charge is 0.169 e. The largest absolute Gasteiger partial charge is 0.379 e. The van der Waals surface area contributed by atoms with Crippen LogP contribution in [0, 0.1) is 5.92 Å². The molecule has 0 aromatic carbocycles. The van der Waals surface area contributed by atoms with E-state index in [4.69, 9.17) is 17.0 Å². The van der Waals surface area contributed by atoms with Crippen molar-refractivity contribution in [2.75, 3.05) is 45.9 Å². The molecular weight excluding hydrogens is 294 g/mol. The van der Waals surface area contributed by atoms with Crippen molar-refractivity contribution in [2.24, 2.45) is 5.92 Å². The van der Waals surface area contributed by atoms with Crippen LogP contribution in [0.4, 0.5) is 0 Å². The summed E-state index contributed by atoms with van der Waals surface area (Å²) in [5.74, 6) is 0.884. The maximum absolute atomic E-state index is 5.70. The fourth-order valence-electron chi connectivity index (χ4n) is 4.30. The maximum Gasteiger partial charge on any atom is 0.169 e. The molecule has 1 aliphatic carbocycles. The Morgan fingerprint density at radius 3 is 2.55 bits per heavy atom. The van der Waals surface area contributed by atoms with Crippen LogP contribution < -0.4 is 5.32 Å². The van der Waals surface area contributed by atoms with Crippen LogP contribution in [0.15, 0.2) is 0 Å². The van der Waals surface area contributed by atoms with Crippen LogP contribution in [0.25, 0.3) is 0 Å². The third-order valence-electron chi connectivity index (χ3n) is 5.56. The highest BCUT2D eigenvalue weighted by Crippen LogP contribution is 2.34. The molecule has 1 atom stereocenters. The molecule has 3 aliphatic rings. The first-order valence-corrected chi connectivity index (χ1v) is 9.60. The monoisotopic (exact) mass is 325 g/mol. The van der Waals surface area contributed by atoms with Gasteiger partial charge < -0.3 is 15.0 Å². The van der Waals surface area contributed by atoms with E-state index in [1.165, 1.54) is 44.9 Å². The van der Waals surface area contributed by atoms with Crippen LogP contribution in [-0.4, -0.2) is 66.9 Å². The van der Waals surface area contributed by atoms with Gasteiger partial charge in [-0.25, -0.2) is 0 Å². The van der Waals surface area contributed by atoms with Gasteiger partial charge in [-0.2, -0.15) is 0 Å². The van der Waals surface area contributed by atoms with E-state index in [-0.39, 0.29) is 0 Å². The lowest BCUT2D eigenvalue weighted by atomic mass is 9.83. The third kappa shape index (κ3) is 4.33. The number of ether oxygens (including phenoxy) is 1. The first-order chi connectivity index (χ1) is 10.8. The van der Waals surface area contributed by atoms with Gasteiger partial charge in [0.15, 0.2) is 5.11 Å². The molecule has 2 heterocycles. The standard InChI is InChI=1S/C17H31N3OS/c22-17(18-8-10-19-11-13-21-14-12-19)20-9-4-7-16(20)15-5-2-1-3-6-15/h15-16H,1-14H2,(H,18,22)/t16-/m1/s1. The van der Waals surface area contributed by atoms with Gasteiger partial charge in [0.25, 0.3) is 0 Å². The molecule has 1 N–H and O–H groups in total. The van der Waals surface area contributed by atoms with Crippen molar-refractivity contribution >= 4 is 17.3 Å². The summed E-state index contributed by atoms with van der Waals surface area (Å²) in [4.78, 5) is 4.96. The summed E-state index contributed by atoms with van der Waals surface area (Å²) in [6, 6.07) is 0.712. The zero-order chi connectivity index (χ0) is 15.2. The predicted octanol–water partition coefficient (Wildman–Crippen LogP) is 2.24. The fourth-order valence-corrected chi connectivity index (χ4v) is 4.63. The summed E-state index contributed by atoms with van der Waals surface area (Å²) in [6.07, 6.45) is 9.77. The Bertz CT molecular complexity index is 354. The van der Waals surface area contributed by atoms with E-state index >= 15 is 0 Å². The molecule has 0 amide bonds. The molecule has 3 fully saturated rings. The SMILES string of the molecule is S=C(NCCN1CCOCC1)N1CCC[C@@H]1C1CCCCC1. The second-order valence-corrected chi connectivity index (χ2v) is 7.37. The van der Waals surface area contributed by atoms with Crippen molar-refractivity contribution in [1.29, 1.82) is 0 Å². The number of thiocarbonyl (C=S) groups is 1. The molecule has 0 aromatic rings.